The van der Waals surface area contributed by atoms with Crippen molar-refractivity contribution < 1.29 is 14.1 Å². The second kappa shape index (κ2) is 7.79. The Balaban J connectivity index is 1.59. The molecular weight excluding hydrogens is 388 g/mol. The molecule has 8 heteroatoms. The Morgan fingerprint density at radius 1 is 1.28 bits per heavy atom. The molecule has 0 spiro atoms. The Morgan fingerprint density at radius 3 is 2.79 bits per heavy atom. The molecule has 0 saturated heterocycles. The van der Waals surface area contributed by atoms with Gasteiger partial charge in [-0.2, -0.15) is 5.10 Å². The summed E-state index contributed by atoms with van der Waals surface area (Å²) in [5.74, 6) is 0.409. The number of nitrogens with zero attached hydrogens (tertiary/aromatic N) is 4. The summed E-state index contributed by atoms with van der Waals surface area (Å²) in [4.78, 5) is 18.6. The zero-order valence-electron chi connectivity index (χ0n) is 16.7. The van der Waals surface area contributed by atoms with E-state index in [0.29, 0.717) is 28.1 Å². The third kappa shape index (κ3) is 3.80. The molecule has 0 atom stereocenters. The highest BCUT2D eigenvalue weighted by Gasteiger charge is 2.20. The molecule has 4 aromatic heterocycles. The van der Waals surface area contributed by atoms with Crippen LogP contribution in [0.5, 0.6) is 0 Å². The number of ether oxygens (including phenoxy) is 1. The highest BCUT2D eigenvalue weighted by molar-refractivity contribution is 7.13. The van der Waals surface area contributed by atoms with E-state index in [4.69, 9.17) is 14.2 Å². The number of rotatable bonds is 6. The topological polar surface area (TPSA) is 83.0 Å². The van der Waals surface area contributed by atoms with Gasteiger partial charge in [0.15, 0.2) is 11.4 Å². The van der Waals surface area contributed by atoms with E-state index in [2.05, 4.69) is 10.3 Å². The number of pyridine rings is 1. The van der Waals surface area contributed by atoms with Crippen molar-refractivity contribution in [2.24, 2.45) is 0 Å². The minimum absolute atomic E-state index is 0.0346. The number of hydrogen-bond donors (Lipinski definition) is 0. The minimum Gasteiger partial charge on any atom is -0.455 e. The number of thiophene rings is 1. The van der Waals surface area contributed by atoms with Crippen LogP contribution in [0.4, 0.5) is 0 Å². The number of esters is 1. The Morgan fingerprint density at radius 2 is 2.10 bits per heavy atom. The van der Waals surface area contributed by atoms with Crippen LogP contribution in [0.3, 0.4) is 0 Å². The Labute approximate surface area is 172 Å². The summed E-state index contributed by atoms with van der Waals surface area (Å²) in [5.41, 5.74) is 2.55. The van der Waals surface area contributed by atoms with E-state index in [1.807, 2.05) is 49.9 Å². The normalized spacial score (nSPS) is 11.7. The quantitative estimate of drug-likeness (QED) is 0.406. The summed E-state index contributed by atoms with van der Waals surface area (Å²) in [7, 11) is 0. The van der Waals surface area contributed by atoms with Crippen LogP contribution in [0.1, 0.15) is 61.4 Å². The van der Waals surface area contributed by atoms with Gasteiger partial charge in [-0.1, -0.05) is 25.1 Å². The zero-order chi connectivity index (χ0) is 20.5. The van der Waals surface area contributed by atoms with Crippen LogP contribution in [-0.2, 0) is 11.3 Å². The maximum Gasteiger partial charge on any atom is 0.339 e. The van der Waals surface area contributed by atoms with Crippen LogP contribution < -0.4 is 0 Å². The van der Waals surface area contributed by atoms with Gasteiger partial charge in [-0.25, -0.2) is 14.5 Å². The van der Waals surface area contributed by atoms with Gasteiger partial charge < -0.3 is 9.26 Å². The van der Waals surface area contributed by atoms with Gasteiger partial charge in [-0.3, -0.25) is 0 Å². The molecule has 0 unspecified atom stereocenters. The molecule has 0 aromatic carbocycles. The first-order valence-corrected chi connectivity index (χ1v) is 10.4. The van der Waals surface area contributed by atoms with Gasteiger partial charge in [-0.05, 0) is 37.3 Å². The third-order valence-electron chi connectivity index (χ3n) is 4.56. The molecule has 0 N–H and O–H groups in total. The molecule has 29 heavy (non-hydrogen) atoms. The number of hydrogen-bond acceptors (Lipinski definition) is 7. The smallest absolute Gasteiger partial charge is 0.339 e. The monoisotopic (exact) mass is 410 g/mol. The van der Waals surface area contributed by atoms with Crippen LogP contribution in [0.25, 0.3) is 21.7 Å². The molecule has 0 aliphatic rings. The van der Waals surface area contributed by atoms with Gasteiger partial charge in [0.05, 0.1) is 22.0 Å². The average molecular weight is 410 g/mol. The van der Waals surface area contributed by atoms with Gasteiger partial charge >= 0.3 is 5.97 Å². The maximum atomic E-state index is 12.9. The second-order valence-electron chi connectivity index (χ2n) is 7.41. The van der Waals surface area contributed by atoms with Crippen LogP contribution in [0.2, 0.25) is 0 Å². The van der Waals surface area contributed by atoms with E-state index >= 15 is 0 Å². The number of aromatic nitrogens is 4. The fourth-order valence-corrected chi connectivity index (χ4v) is 3.69. The van der Waals surface area contributed by atoms with Crippen LogP contribution >= 0.6 is 11.3 Å². The molecule has 0 aliphatic carbocycles. The summed E-state index contributed by atoms with van der Waals surface area (Å²) in [6.45, 7) is 8.18. The van der Waals surface area contributed by atoms with Crippen molar-refractivity contribution in [3.63, 3.8) is 0 Å². The van der Waals surface area contributed by atoms with Gasteiger partial charge in [-0.15, -0.1) is 11.3 Å². The molecule has 0 aliphatic heterocycles. The zero-order valence-corrected chi connectivity index (χ0v) is 17.6. The van der Waals surface area contributed by atoms with E-state index in [1.165, 1.54) is 0 Å². The van der Waals surface area contributed by atoms with E-state index in [-0.39, 0.29) is 18.6 Å². The van der Waals surface area contributed by atoms with E-state index in [1.54, 1.807) is 29.7 Å². The summed E-state index contributed by atoms with van der Waals surface area (Å²) >= 11 is 1.56. The summed E-state index contributed by atoms with van der Waals surface area (Å²) in [6, 6.07) is 7.62. The summed E-state index contributed by atoms with van der Waals surface area (Å²) in [5, 5.41) is 11.1. The van der Waals surface area contributed by atoms with Crippen molar-refractivity contribution in [1.29, 1.82) is 0 Å². The van der Waals surface area contributed by atoms with Gasteiger partial charge in [0, 0.05) is 17.8 Å². The van der Waals surface area contributed by atoms with E-state index < -0.39 is 5.97 Å². The SMILES string of the molecule is CC(C)c1cc(C(=O)OCc2cc(-c3cccs3)on2)c2cnn(C(C)C)c2n1. The molecule has 150 valence electrons. The van der Waals surface area contributed by atoms with Crippen molar-refractivity contribution >= 4 is 28.3 Å². The standard InChI is InChI=1S/C21H22N4O3S/c1-12(2)17-9-15(16-10-22-25(13(3)4)20(16)23-17)21(26)27-11-14-8-18(28-24-14)19-6-5-7-29-19/h5-10,12-13H,11H2,1-4H3. The second-order valence-corrected chi connectivity index (χ2v) is 8.35. The molecule has 0 radical (unpaired) electrons. The van der Waals surface area contributed by atoms with Gasteiger partial charge in [0.1, 0.15) is 12.3 Å². The lowest BCUT2D eigenvalue weighted by Gasteiger charge is -2.11. The molecule has 4 aromatic rings. The molecule has 4 rings (SSSR count). The van der Waals surface area contributed by atoms with E-state index in [0.717, 1.165) is 10.6 Å². The fraction of sp³-hybridized carbons (Fsp3) is 0.333. The molecule has 0 saturated carbocycles. The number of carbonyl (C=O) groups excluding carboxylic acids is 1. The predicted octanol–water partition coefficient (Wildman–Crippen LogP) is 5.21. The van der Waals surface area contributed by atoms with Gasteiger partial charge in [0.25, 0.3) is 0 Å². The van der Waals surface area contributed by atoms with Crippen LogP contribution in [0.15, 0.2) is 40.4 Å². The predicted molar refractivity (Wildman–Crippen MR) is 111 cm³/mol. The van der Waals surface area contributed by atoms with Crippen molar-refractivity contribution in [2.75, 3.05) is 0 Å². The van der Waals surface area contributed by atoms with Crippen LogP contribution in [0, 0.1) is 0 Å². The average Bonchev–Trinajstić information content (AvgIpc) is 3.44. The Bertz CT molecular complexity index is 1140. The Kier molecular flexibility index (Phi) is 5.19. The fourth-order valence-electron chi connectivity index (χ4n) is 3.01. The molecule has 7 nitrogen and oxygen atoms in total. The highest BCUT2D eigenvalue weighted by Crippen LogP contribution is 2.27. The largest absolute Gasteiger partial charge is 0.455 e. The summed E-state index contributed by atoms with van der Waals surface area (Å²) < 4.78 is 12.7. The lowest BCUT2D eigenvalue weighted by atomic mass is 10.1. The van der Waals surface area contributed by atoms with Crippen molar-refractivity contribution in [1.82, 2.24) is 19.9 Å². The lowest BCUT2D eigenvalue weighted by Crippen LogP contribution is -2.10. The first kappa shape index (κ1) is 19.3. The number of carbonyl (C=O) groups is 1. The minimum atomic E-state index is -0.428. The lowest BCUT2D eigenvalue weighted by molar-refractivity contribution is 0.0466. The first-order valence-electron chi connectivity index (χ1n) is 9.48. The molecule has 0 amide bonds. The van der Waals surface area contributed by atoms with Crippen molar-refractivity contribution in [3.8, 4) is 10.6 Å². The maximum absolute atomic E-state index is 12.9. The van der Waals surface area contributed by atoms with Crippen molar-refractivity contribution in [3.05, 3.63) is 52.8 Å². The molecule has 0 fully saturated rings. The number of fused-ring (bicyclic) bond motifs is 1. The Hall–Kier alpha value is -3.00. The molecule has 4 heterocycles. The van der Waals surface area contributed by atoms with Crippen LogP contribution in [-0.4, -0.2) is 25.9 Å². The third-order valence-corrected chi connectivity index (χ3v) is 5.45. The molecular formula is C21H22N4O3S. The van der Waals surface area contributed by atoms with E-state index in [9.17, 15) is 4.79 Å². The highest BCUT2D eigenvalue weighted by atomic mass is 32.1. The van der Waals surface area contributed by atoms with Gasteiger partial charge in [0.2, 0.25) is 0 Å². The molecule has 0 bridgehead atoms. The first-order chi connectivity index (χ1) is 13.9. The summed E-state index contributed by atoms with van der Waals surface area (Å²) in [6.07, 6.45) is 1.67. The van der Waals surface area contributed by atoms with Crippen molar-refractivity contribution in [2.45, 2.75) is 46.3 Å².